The van der Waals surface area contributed by atoms with E-state index < -0.39 is 0 Å². The number of benzene rings is 1. The number of nitrogens with two attached hydrogens (primary N) is 1. The van der Waals surface area contributed by atoms with Crippen molar-refractivity contribution in [1.82, 2.24) is 0 Å². The molecule has 0 saturated heterocycles. The van der Waals surface area contributed by atoms with Gasteiger partial charge < -0.3 is 15.2 Å². The van der Waals surface area contributed by atoms with Crippen molar-refractivity contribution < 1.29 is 9.47 Å². The quantitative estimate of drug-likeness (QED) is 0.895. The minimum atomic E-state index is -0.217. The standard InChI is InChI=1S/C15H24ClNO2/c1-6-19-14(15(2,3)4)13(17)10-7-8-11(16)12(9-10)18-5/h7-9,13-14H,6,17H2,1-5H3. The van der Waals surface area contributed by atoms with E-state index in [1.165, 1.54) is 0 Å². The van der Waals surface area contributed by atoms with Crippen molar-refractivity contribution in [2.45, 2.75) is 39.8 Å². The Morgan fingerprint density at radius 3 is 2.42 bits per heavy atom. The smallest absolute Gasteiger partial charge is 0.137 e. The molecule has 1 aromatic rings. The van der Waals surface area contributed by atoms with E-state index in [-0.39, 0.29) is 17.6 Å². The van der Waals surface area contributed by atoms with E-state index in [1.807, 2.05) is 19.1 Å². The maximum atomic E-state index is 6.36. The molecule has 108 valence electrons. The van der Waals surface area contributed by atoms with Crippen molar-refractivity contribution in [1.29, 1.82) is 0 Å². The van der Waals surface area contributed by atoms with Gasteiger partial charge in [-0.2, -0.15) is 0 Å². The number of rotatable bonds is 5. The molecule has 0 aliphatic carbocycles. The molecule has 0 heterocycles. The van der Waals surface area contributed by atoms with Crippen LogP contribution >= 0.6 is 11.6 Å². The number of methoxy groups -OCH3 is 1. The molecule has 19 heavy (non-hydrogen) atoms. The van der Waals surface area contributed by atoms with Crippen LogP contribution in [-0.4, -0.2) is 19.8 Å². The molecule has 0 spiro atoms. The molecule has 0 radical (unpaired) electrons. The van der Waals surface area contributed by atoms with Gasteiger partial charge in [0.15, 0.2) is 0 Å². The second kappa shape index (κ2) is 6.60. The third-order valence-corrected chi connectivity index (χ3v) is 3.40. The Labute approximate surface area is 121 Å². The van der Waals surface area contributed by atoms with Gasteiger partial charge in [-0.3, -0.25) is 0 Å². The van der Waals surface area contributed by atoms with E-state index >= 15 is 0 Å². The normalized spacial score (nSPS) is 15.1. The summed E-state index contributed by atoms with van der Waals surface area (Å²) in [5.41, 5.74) is 7.29. The van der Waals surface area contributed by atoms with Crippen LogP contribution in [-0.2, 0) is 4.74 Å². The lowest BCUT2D eigenvalue weighted by Gasteiger charge is -2.35. The first-order valence-corrected chi connectivity index (χ1v) is 6.89. The van der Waals surface area contributed by atoms with Gasteiger partial charge in [0.05, 0.1) is 24.3 Å². The molecule has 4 heteroatoms. The van der Waals surface area contributed by atoms with Gasteiger partial charge in [-0.05, 0) is 30.0 Å². The largest absolute Gasteiger partial charge is 0.495 e. The highest BCUT2D eigenvalue weighted by molar-refractivity contribution is 6.32. The molecule has 0 saturated carbocycles. The molecule has 3 nitrogen and oxygen atoms in total. The van der Waals surface area contributed by atoms with Gasteiger partial charge in [0, 0.05) is 6.61 Å². The molecule has 2 unspecified atom stereocenters. The fourth-order valence-corrected chi connectivity index (χ4v) is 2.33. The fourth-order valence-electron chi connectivity index (χ4n) is 2.13. The Morgan fingerprint density at radius 2 is 1.95 bits per heavy atom. The second-order valence-corrected chi connectivity index (χ2v) is 6.07. The predicted molar refractivity (Wildman–Crippen MR) is 79.8 cm³/mol. The Balaban J connectivity index is 3.05. The molecule has 2 atom stereocenters. The highest BCUT2D eigenvalue weighted by atomic mass is 35.5. The molecule has 0 aliphatic rings. The summed E-state index contributed by atoms with van der Waals surface area (Å²) in [7, 11) is 1.60. The number of halogens is 1. The Morgan fingerprint density at radius 1 is 1.32 bits per heavy atom. The monoisotopic (exact) mass is 285 g/mol. The SMILES string of the molecule is CCOC(C(N)c1ccc(Cl)c(OC)c1)C(C)(C)C. The highest BCUT2D eigenvalue weighted by Crippen LogP contribution is 2.34. The molecule has 1 aromatic carbocycles. The molecular weight excluding hydrogens is 262 g/mol. The van der Waals surface area contributed by atoms with Crippen molar-refractivity contribution in [3.8, 4) is 5.75 Å². The lowest BCUT2D eigenvalue weighted by molar-refractivity contribution is -0.0283. The van der Waals surface area contributed by atoms with E-state index in [4.69, 9.17) is 26.8 Å². The fraction of sp³-hybridized carbons (Fsp3) is 0.600. The van der Waals surface area contributed by atoms with Gasteiger partial charge in [0.1, 0.15) is 5.75 Å². The van der Waals surface area contributed by atoms with E-state index in [0.717, 1.165) is 5.56 Å². The van der Waals surface area contributed by atoms with Crippen LogP contribution in [0.1, 0.15) is 39.3 Å². The minimum absolute atomic E-state index is 0.0394. The van der Waals surface area contributed by atoms with Gasteiger partial charge in [-0.15, -0.1) is 0 Å². The zero-order valence-electron chi connectivity index (χ0n) is 12.4. The number of hydrogen-bond acceptors (Lipinski definition) is 3. The first kappa shape index (κ1) is 16.3. The van der Waals surface area contributed by atoms with Crippen LogP contribution in [0, 0.1) is 5.41 Å². The lowest BCUT2D eigenvalue weighted by atomic mass is 9.82. The summed E-state index contributed by atoms with van der Waals surface area (Å²) in [6.45, 7) is 9.00. The van der Waals surface area contributed by atoms with E-state index in [0.29, 0.717) is 17.4 Å². The number of ether oxygens (including phenoxy) is 2. The Hall–Kier alpha value is -0.770. The van der Waals surface area contributed by atoms with Gasteiger partial charge >= 0.3 is 0 Å². The first-order chi connectivity index (χ1) is 8.81. The summed E-state index contributed by atoms with van der Waals surface area (Å²) in [4.78, 5) is 0. The van der Waals surface area contributed by atoms with Crippen LogP contribution in [0.15, 0.2) is 18.2 Å². The van der Waals surface area contributed by atoms with E-state index in [1.54, 1.807) is 13.2 Å². The molecule has 0 fully saturated rings. The molecule has 1 rings (SSSR count). The number of hydrogen-bond donors (Lipinski definition) is 1. The summed E-state index contributed by atoms with van der Waals surface area (Å²) in [6, 6.07) is 5.39. The van der Waals surface area contributed by atoms with Gasteiger partial charge in [-0.1, -0.05) is 38.4 Å². The highest BCUT2D eigenvalue weighted by Gasteiger charge is 2.32. The summed E-state index contributed by atoms with van der Waals surface area (Å²) in [5.74, 6) is 0.638. The molecule has 0 amide bonds. The molecule has 0 aromatic heterocycles. The predicted octanol–water partition coefficient (Wildman–Crippen LogP) is 3.80. The average molecular weight is 286 g/mol. The Kier molecular flexibility index (Phi) is 5.65. The van der Waals surface area contributed by atoms with Crippen molar-refractivity contribution in [2.24, 2.45) is 11.1 Å². The average Bonchev–Trinajstić information content (AvgIpc) is 2.34. The van der Waals surface area contributed by atoms with Gasteiger partial charge in [0.25, 0.3) is 0 Å². The van der Waals surface area contributed by atoms with E-state index in [9.17, 15) is 0 Å². The third-order valence-electron chi connectivity index (χ3n) is 3.09. The van der Waals surface area contributed by atoms with Gasteiger partial charge in [-0.25, -0.2) is 0 Å². The van der Waals surface area contributed by atoms with Crippen molar-refractivity contribution in [3.63, 3.8) is 0 Å². The summed E-state index contributed by atoms with van der Waals surface area (Å²) >= 11 is 6.03. The van der Waals surface area contributed by atoms with Crippen LogP contribution < -0.4 is 10.5 Å². The summed E-state index contributed by atoms with van der Waals surface area (Å²) in [5, 5.41) is 0.585. The van der Waals surface area contributed by atoms with Crippen LogP contribution in [0.4, 0.5) is 0 Å². The van der Waals surface area contributed by atoms with Crippen molar-refractivity contribution in [3.05, 3.63) is 28.8 Å². The lowest BCUT2D eigenvalue weighted by Crippen LogP contribution is -2.39. The van der Waals surface area contributed by atoms with E-state index in [2.05, 4.69) is 20.8 Å². The molecule has 2 N–H and O–H groups in total. The maximum absolute atomic E-state index is 6.36. The van der Waals surface area contributed by atoms with Gasteiger partial charge in [0.2, 0.25) is 0 Å². The maximum Gasteiger partial charge on any atom is 0.137 e. The Bertz CT molecular complexity index is 415. The molecule has 0 aliphatic heterocycles. The second-order valence-electron chi connectivity index (χ2n) is 5.66. The van der Waals surface area contributed by atoms with Crippen LogP contribution in [0.2, 0.25) is 5.02 Å². The van der Waals surface area contributed by atoms with Crippen LogP contribution in [0.25, 0.3) is 0 Å². The first-order valence-electron chi connectivity index (χ1n) is 6.51. The zero-order valence-corrected chi connectivity index (χ0v) is 13.1. The summed E-state index contributed by atoms with van der Waals surface area (Å²) < 4.78 is 11.1. The van der Waals surface area contributed by atoms with Crippen molar-refractivity contribution in [2.75, 3.05) is 13.7 Å². The topological polar surface area (TPSA) is 44.5 Å². The van der Waals surface area contributed by atoms with Crippen molar-refractivity contribution >= 4 is 11.6 Å². The third kappa shape index (κ3) is 4.10. The summed E-state index contributed by atoms with van der Waals surface area (Å²) in [6.07, 6.45) is -0.0663. The van der Waals surface area contributed by atoms with Crippen LogP contribution in [0.5, 0.6) is 5.75 Å². The molecule has 0 bridgehead atoms. The zero-order chi connectivity index (χ0) is 14.6. The minimum Gasteiger partial charge on any atom is -0.495 e. The van der Waals surface area contributed by atoms with Crippen LogP contribution in [0.3, 0.4) is 0 Å². The molecular formula is C15H24ClNO2.